The van der Waals surface area contributed by atoms with Gasteiger partial charge in [-0.15, -0.1) is 0 Å². The van der Waals surface area contributed by atoms with Crippen molar-refractivity contribution in [1.29, 1.82) is 0 Å². The first-order chi connectivity index (χ1) is 11.3. The van der Waals surface area contributed by atoms with Crippen molar-refractivity contribution in [2.75, 3.05) is 46.1 Å². The Kier molecular flexibility index (Phi) is 4.96. The van der Waals surface area contributed by atoms with Crippen LogP contribution in [0, 0.1) is 5.41 Å². The molecule has 3 saturated heterocycles. The van der Waals surface area contributed by atoms with Crippen molar-refractivity contribution in [2.45, 2.75) is 69.5 Å². The van der Waals surface area contributed by atoms with Gasteiger partial charge in [-0.2, -0.15) is 0 Å². The van der Waals surface area contributed by atoms with E-state index in [4.69, 9.17) is 14.2 Å². The minimum absolute atomic E-state index is 0.252. The van der Waals surface area contributed by atoms with Gasteiger partial charge in [0.15, 0.2) is 0 Å². The average Bonchev–Trinajstić information content (AvgIpc) is 2.84. The third-order valence-electron chi connectivity index (χ3n) is 6.64. The van der Waals surface area contributed by atoms with Crippen LogP contribution in [-0.4, -0.2) is 62.7 Å². The van der Waals surface area contributed by atoms with Crippen LogP contribution < -0.4 is 0 Å². The molecule has 4 nitrogen and oxygen atoms in total. The minimum atomic E-state index is 0.252. The van der Waals surface area contributed by atoms with E-state index >= 15 is 0 Å². The predicted octanol–water partition coefficient (Wildman–Crippen LogP) is 3.00. The molecule has 0 unspecified atom stereocenters. The molecule has 4 heteroatoms. The lowest BCUT2D eigenvalue weighted by Crippen LogP contribution is -2.45. The number of ether oxygens (including phenoxy) is 3. The molecule has 0 radical (unpaired) electrons. The highest BCUT2D eigenvalue weighted by atomic mass is 16.5. The lowest BCUT2D eigenvalue weighted by molar-refractivity contribution is -0.0760. The van der Waals surface area contributed by atoms with E-state index < -0.39 is 0 Å². The molecule has 4 aliphatic rings. The Labute approximate surface area is 140 Å². The zero-order valence-electron chi connectivity index (χ0n) is 14.6. The number of hydrogen-bond acceptors (Lipinski definition) is 4. The Morgan fingerprint density at radius 2 is 1.70 bits per heavy atom. The monoisotopic (exact) mass is 323 g/mol. The molecule has 0 amide bonds. The van der Waals surface area contributed by atoms with Crippen molar-refractivity contribution in [3.63, 3.8) is 0 Å². The van der Waals surface area contributed by atoms with Crippen molar-refractivity contribution >= 4 is 0 Å². The fraction of sp³-hybridized carbons (Fsp3) is 1.00. The topological polar surface area (TPSA) is 30.9 Å². The van der Waals surface area contributed by atoms with Gasteiger partial charge in [-0.25, -0.2) is 0 Å². The van der Waals surface area contributed by atoms with Crippen molar-refractivity contribution in [3.8, 4) is 0 Å². The molecule has 4 rings (SSSR count). The van der Waals surface area contributed by atoms with Gasteiger partial charge < -0.3 is 14.2 Å². The third kappa shape index (κ3) is 3.76. The maximum atomic E-state index is 6.60. The van der Waals surface area contributed by atoms with Crippen LogP contribution in [0.15, 0.2) is 0 Å². The molecule has 0 aromatic rings. The zero-order valence-corrected chi connectivity index (χ0v) is 14.6. The predicted molar refractivity (Wildman–Crippen MR) is 89.7 cm³/mol. The normalized spacial score (nSPS) is 34.7. The van der Waals surface area contributed by atoms with Gasteiger partial charge in [0.2, 0.25) is 0 Å². The Morgan fingerprint density at radius 3 is 2.52 bits per heavy atom. The fourth-order valence-electron chi connectivity index (χ4n) is 5.22. The molecule has 132 valence electrons. The van der Waals surface area contributed by atoms with Gasteiger partial charge in [-0.05, 0) is 38.5 Å². The van der Waals surface area contributed by atoms with Gasteiger partial charge in [0, 0.05) is 38.3 Å². The van der Waals surface area contributed by atoms with Crippen molar-refractivity contribution in [1.82, 2.24) is 4.90 Å². The summed E-state index contributed by atoms with van der Waals surface area (Å²) in [5.41, 5.74) is 0.581. The standard InChI is InChI=1S/C19H33NO3/c1-2-5-19(6-3-1)7-4-17(23-19)14-20-10-13-22-16-18(15-20)8-11-21-12-9-18/h17H,1-16H2/t17-/m0/s1. The quantitative estimate of drug-likeness (QED) is 0.782. The van der Waals surface area contributed by atoms with Crippen LogP contribution in [0.5, 0.6) is 0 Å². The van der Waals surface area contributed by atoms with Crippen LogP contribution in [-0.2, 0) is 14.2 Å². The summed E-state index contributed by atoms with van der Waals surface area (Å²) in [6.45, 7) is 6.94. The summed E-state index contributed by atoms with van der Waals surface area (Å²) in [6.07, 6.45) is 12.0. The van der Waals surface area contributed by atoms with E-state index in [9.17, 15) is 0 Å². The van der Waals surface area contributed by atoms with E-state index in [0.29, 0.717) is 11.5 Å². The molecule has 0 bridgehead atoms. The Hall–Kier alpha value is -0.160. The first kappa shape index (κ1) is 16.3. The molecule has 0 N–H and O–H groups in total. The summed E-state index contributed by atoms with van der Waals surface area (Å²) in [7, 11) is 0. The van der Waals surface area contributed by atoms with Gasteiger partial charge >= 0.3 is 0 Å². The fourth-order valence-corrected chi connectivity index (χ4v) is 5.22. The Bertz CT molecular complexity index is 388. The van der Waals surface area contributed by atoms with Crippen LogP contribution in [0.4, 0.5) is 0 Å². The molecule has 1 saturated carbocycles. The summed E-state index contributed by atoms with van der Waals surface area (Å²) >= 11 is 0. The van der Waals surface area contributed by atoms with Crippen molar-refractivity contribution in [3.05, 3.63) is 0 Å². The average molecular weight is 323 g/mol. The summed E-state index contributed by atoms with van der Waals surface area (Å²) < 4.78 is 18.1. The maximum absolute atomic E-state index is 6.60. The van der Waals surface area contributed by atoms with Gasteiger partial charge in [0.1, 0.15) is 0 Å². The Morgan fingerprint density at radius 1 is 0.870 bits per heavy atom. The van der Waals surface area contributed by atoms with Crippen LogP contribution in [0.25, 0.3) is 0 Å². The molecule has 4 fully saturated rings. The Balaban J connectivity index is 1.34. The molecule has 2 spiro atoms. The second kappa shape index (κ2) is 6.99. The van der Waals surface area contributed by atoms with Crippen molar-refractivity contribution < 1.29 is 14.2 Å². The number of hydrogen-bond donors (Lipinski definition) is 0. The highest BCUT2D eigenvalue weighted by molar-refractivity contribution is 4.93. The van der Waals surface area contributed by atoms with Crippen LogP contribution in [0.3, 0.4) is 0 Å². The van der Waals surface area contributed by atoms with E-state index in [2.05, 4.69) is 4.90 Å². The number of nitrogens with zero attached hydrogens (tertiary/aromatic N) is 1. The summed E-state index contributed by atoms with van der Waals surface area (Å²) in [5.74, 6) is 0. The lowest BCUT2D eigenvalue weighted by atomic mass is 9.80. The molecule has 0 aromatic heterocycles. The molecular formula is C19H33NO3. The van der Waals surface area contributed by atoms with Gasteiger partial charge in [0.25, 0.3) is 0 Å². The largest absolute Gasteiger partial charge is 0.381 e. The van der Waals surface area contributed by atoms with Crippen LogP contribution in [0.2, 0.25) is 0 Å². The second-order valence-electron chi connectivity index (χ2n) is 8.42. The van der Waals surface area contributed by atoms with E-state index in [1.807, 2.05) is 0 Å². The summed E-state index contributed by atoms with van der Waals surface area (Å²) in [5, 5.41) is 0. The molecule has 1 atom stereocenters. The first-order valence-corrected chi connectivity index (χ1v) is 9.83. The molecular weight excluding hydrogens is 290 g/mol. The third-order valence-corrected chi connectivity index (χ3v) is 6.64. The van der Waals surface area contributed by atoms with Gasteiger partial charge in [-0.1, -0.05) is 19.3 Å². The van der Waals surface area contributed by atoms with E-state index in [-0.39, 0.29) is 5.60 Å². The second-order valence-corrected chi connectivity index (χ2v) is 8.42. The van der Waals surface area contributed by atoms with E-state index in [0.717, 1.165) is 52.4 Å². The van der Waals surface area contributed by atoms with Gasteiger partial charge in [-0.3, -0.25) is 4.90 Å². The van der Waals surface area contributed by atoms with Crippen LogP contribution in [0.1, 0.15) is 57.8 Å². The smallest absolute Gasteiger partial charge is 0.0710 e. The summed E-state index contributed by atoms with van der Waals surface area (Å²) in [4.78, 5) is 2.63. The van der Waals surface area contributed by atoms with E-state index in [1.165, 1.54) is 51.5 Å². The molecule has 23 heavy (non-hydrogen) atoms. The SMILES string of the molecule is C1CCC2(CC1)CC[C@@H](CN1CCOCC3(CCOCC3)C1)O2. The van der Waals surface area contributed by atoms with Crippen molar-refractivity contribution in [2.24, 2.45) is 5.41 Å². The molecule has 3 aliphatic heterocycles. The minimum Gasteiger partial charge on any atom is -0.381 e. The first-order valence-electron chi connectivity index (χ1n) is 9.83. The molecule has 3 heterocycles. The lowest BCUT2D eigenvalue weighted by Gasteiger charge is -2.39. The van der Waals surface area contributed by atoms with Crippen LogP contribution >= 0.6 is 0 Å². The number of rotatable bonds is 2. The summed E-state index contributed by atoms with van der Waals surface area (Å²) in [6, 6.07) is 0. The van der Waals surface area contributed by atoms with Gasteiger partial charge in [0.05, 0.1) is 24.9 Å². The van der Waals surface area contributed by atoms with E-state index in [1.54, 1.807) is 0 Å². The zero-order chi connectivity index (χ0) is 15.6. The maximum Gasteiger partial charge on any atom is 0.0710 e. The highest BCUT2D eigenvalue weighted by Crippen LogP contribution is 2.42. The molecule has 1 aliphatic carbocycles. The molecule has 0 aromatic carbocycles. The highest BCUT2D eigenvalue weighted by Gasteiger charge is 2.42.